The van der Waals surface area contributed by atoms with Crippen LogP contribution in [-0.4, -0.2) is 33.4 Å². The van der Waals surface area contributed by atoms with Gasteiger partial charge in [-0.25, -0.2) is 0 Å². The molecule has 1 fully saturated rings. The summed E-state index contributed by atoms with van der Waals surface area (Å²) in [6, 6.07) is 14.1. The Morgan fingerprint density at radius 2 is 2.00 bits per heavy atom. The van der Waals surface area contributed by atoms with E-state index < -0.39 is 0 Å². The van der Waals surface area contributed by atoms with Crippen LogP contribution in [0.25, 0.3) is 0 Å². The minimum absolute atomic E-state index is 0.0233. The van der Waals surface area contributed by atoms with Crippen molar-refractivity contribution in [2.75, 3.05) is 32.1 Å². The maximum Gasteiger partial charge on any atom is 0.217 e. The van der Waals surface area contributed by atoms with Crippen LogP contribution in [0, 0.1) is 0 Å². The van der Waals surface area contributed by atoms with Crippen LogP contribution < -0.4 is 15.0 Å². The second kappa shape index (κ2) is 7.74. The Morgan fingerprint density at radius 1 is 1.25 bits per heavy atom. The fourth-order valence-corrected chi connectivity index (χ4v) is 3.38. The Kier molecular flexibility index (Phi) is 5.66. The smallest absolute Gasteiger partial charge is 0.217 e. The number of quaternary nitrogens is 1. The zero-order valence-corrected chi connectivity index (χ0v) is 16.0. The highest BCUT2D eigenvalue weighted by Crippen LogP contribution is 2.28. The predicted octanol–water partition coefficient (Wildman–Crippen LogP) is 3.21. The first-order valence-corrected chi connectivity index (χ1v) is 9.04. The second-order valence-corrected chi connectivity index (χ2v) is 7.34. The van der Waals surface area contributed by atoms with Crippen LogP contribution in [0.3, 0.4) is 0 Å². The number of benzene rings is 2. The molecule has 0 aromatic heterocycles. The largest absolute Gasteiger partial charge is 0.489 e. The Bertz CT molecular complexity index is 694. The van der Waals surface area contributed by atoms with Gasteiger partial charge in [-0.15, -0.1) is 0 Å². The van der Waals surface area contributed by atoms with Crippen LogP contribution in [0.5, 0.6) is 5.75 Å². The number of anilines is 1. The molecule has 2 aromatic carbocycles. The predicted molar refractivity (Wildman–Crippen MR) is 99.8 cm³/mol. The summed E-state index contributed by atoms with van der Waals surface area (Å²) in [5.74, 6) is 0.683. The Hall–Kier alpha value is -1.27. The molecule has 0 unspecified atom stereocenters. The van der Waals surface area contributed by atoms with E-state index in [-0.39, 0.29) is 12.3 Å². The van der Waals surface area contributed by atoms with E-state index in [9.17, 15) is 0 Å². The van der Waals surface area contributed by atoms with Gasteiger partial charge in [0.25, 0.3) is 0 Å². The lowest BCUT2D eigenvalue weighted by Gasteiger charge is -2.14. The maximum atomic E-state index is 6.17. The Labute approximate surface area is 155 Å². The van der Waals surface area contributed by atoms with Crippen molar-refractivity contribution < 1.29 is 14.8 Å². The number of ether oxygens (including phenoxy) is 2. The molecule has 1 saturated heterocycles. The van der Waals surface area contributed by atoms with Crippen LogP contribution in [0.1, 0.15) is 11.8 Å². The molecule has 0 bridgehead atoms. The van der Waals surface area contributed by atoms with Crippen LogP contribution >= 0.6 is 27.5 Å². The number of nitrogens with two attached hydrogens (primary N) is 1. The summed E-state index contributed by atoms with van der Waals surface area (Å²) in [6.07, 6.45) is 0.0680. The lowest BCUT2D eigenvalue weighted by molar-refractivity contribution is -0.697. The van der Waals surface area contributed by atoms with Crippen molar-refractivity contribution in [1.29, 1.82) is 0 Å². The first kappa shape index (κ1) is 17.5. The summed E-state index contributed by atoms with van der Waals surface area (Å²) < 4.78 is 12.8. The van der Waals surface area contributed by atoms with E-state index in [1.54, 1.807) is 0 Å². The van der Waals surface area contributed by atoms with Crippen molar-refractivity contribution in [3.05, 3.63) is 57.5 Å². The summed E-state index contributed by atoms with van der Waals surface area (Å²) in [4.78, 5) is 2.08. The number of halogens is 2. The van der Waals surface area contributed by atoms with Crippen molar-refractivity contribution in [2.24, 2.45) is 0 Å². The van der Waals surface area contributed by atoms with E-state index in [1.165, 1.54) is 11.3 Å². The zero-order valence-electron chi connectivity index (χ0n) is 13.7. The van der Waals surface area contributed by atoms with Crippen molar-refractivity contribution in [3.63, 3.8) is 0 Å². The van der Waals surface area contributed by atoms with E-state index in [1.807, 2.05) is 32.3 Å². The topological polar surface area (TPSA) is 38.3 Å². The molecule has 1 heterocycles. The highest BCUT2D eigenvalue weighted by atomic mass is 79.9. The van der Waals surface area contributed by atoms with Gasteiger partial charge in [0.2, 0.25) is 6.23 Å². The minimum Gasteiger partial charge on any atom is -0.489 e. The van der Waals surface area contributed by atoms with E-state index >= 15 is 0 Å². The molecule has 0 aliphatic carbocycles. The number of hydrogen-bond acceptors (Lipinski definition) is 3. The van der Waals surface area contributed by atoms with Gasteiger partial charge in [-0.05, 0) is 42.5 Å². The lowest BCUT2D eigenvalue weighted by Crippen LogP contribution is -2.82. The molecule has 0 radical (unpaired) electrons. The van der Waals surface area contributed by atoms with Crippen molar-refractivity contribution >= 4 is 33.2 Å². The molecule has 0 saturated carbocycles. The van der Waals surface area contributed by atoms with Gasteiger partial charge in [0, 0.05) is 29.8 Å². The van der Waals surface area contributed by atoms with Crippen molar-refractivity contribution in [2.45, 2.75) is 12.3 Å². The molecule has 6 heteroatoms. The van der Waals surface area contributed by atoms with Gasteiger partial charge in [0.1, 0.15) is 25.0 Å². The average molecular weight is 413 g/mol. The monoisotopic (exact) mass is 411 g/mol. The third kappa shape index (κ3) is 4.22. The molecule has 2 N–H and O–H groups in total. The molecule has 0 amide bonds. The van der Waals surface area contributed by atoms with Gasteiger partial charge in [-0.3, -0.25) is 0 Å². The van der Waals surface area contributed by atoms with E-state index in [0.29, 0.717) is 17.4 Å². The summed E-state index contributed by atoms with van der Waals surface area (Å²) in [5.41, 5.74) is 2.35. The summed E-state index contributed by atoms with van der Waals surface area (Å²) in [6.45, 7) is 1.36. The highest BCUT2D eigenvalue weighted by Gasteiger charge is 2.30. The van der Waals surface area contributed by atoms with Gasteiger partial charge >= 0.3 is 0 Å². The molecular formula is C18H21BrClN2O2+. The Balaban J connectivity index is 1.55. The van der Waals surface area contributed by atoms with Crippen molar-refractivity contribution in [1.82, 2.24) is 0 Å². The van der Waals surface area contributed by atoms with Crippen LogP contribution in [0.2, 0.25) is 5.02 Å². The molecule has 0 spiro atoms. The summed E-state index contributed by atoms with van der Waals surface area (Å²) in [5, 5.41) is 2.80. The maximum absolute atomic E-state index is 6.17. The lowest BCUT2D eigenvalue weighted by atomic mass is 10.2. The van der Waals surface area contributed by atoms with Crippen LogP contribution in [0.15, 0.2) is 46.9 Å². The molecular weight excluding hydrogens is 392 g/mol. The van der Waals surface area contributed by atoms with E-state index in [4.69, 9.17) is 21.1 Å². The molecule has 4 nitrogen and oxygen atoms in total. The van der Waals surface area contributed by atoms with Gasteiger partial charge in [-0.1, -0.05) is 27.5 Å². The minimum atomic E-state index is 0.0233. The standard InChI is InChI=1S/C18H20BrClN2O2/c1-22(2)14-6-3-12(4-7-14)18-21-10-15(24-18)11-23-17-8-5-13(19)9-16(17)20/h3-9,15,18,21H,10-11H2,1-2H3/p+1/t15-,18+/m0/s1. The molecule has 1 aliphatic heterocycles. The number of nitrogens with zero attached hydrogens (tertiary/aromatic N) is 1. The molecule has 2 aromatic rings. The summed E-state index contributed by atoms with van der Waals surface area (Å²) >= 11 is 9.56. The Morgan fingerprint density at radius 3 is 2.67 bits per heavy atom. The molecule has 128 valence electrons. The third-order valence-electron chi connectivity index (χ3n) is 4.01. The number of hydrogen-bond donors (Lipinski definition) is 1. The first-order chi connectivity index (χ1) is 11.5. The zero-order chi connectivity index (χ0) is 17.1. The van der Waals surface area contributed by atoms with Gasteiger partial charge in [0.05, 0.1) is 5.02 Å². The first-order valence-electron chi connectivity index (χ1n) is 7.87. The van der Waals surface area contributed by atoms with Gasteiger partial charge < -0.3 is 19.7 Å². The fourth-order valence-electron chi connectivity index (χ4n) is 2.65. The summed E-state index contributed by atoms with van der Waals surface area (Å²) in [7, 11) is 4.07. The quantitative estimate of drug-likeness (QED) is 0.819. The fraction of sp³-hybridized carbons (Fsp3) is 0.333. The normalized spacial score (nSPS) is 20.2. The molecule has 1 aliphatic rings. The highest BCUT2D eigenvalue weighted by molar-refractivity contribution is 9.10. The van der Waals surface area contributed by atoms with Gasteiger partial charge in [-0.2, -0.15) is 0 Å². The van der Waals surface area contributed by atoms with Gasteiger partial charge in [0.15, 0.2) is 0 Å². The van der Waals surface area contributed by atoms with E-state index in [0.717, 1.165) is 11.0 Å². The number of rotatable bonds is 5. The van der Waals surface area contributed by atoms with Crippen LogP contribution in [0.4, 0.5) is 5.69 Å². The SMILES string of the molecule is CN(C)c1ccc([C@@H]2[NH2+]C[C@@H](COc3ccc(Br)cc3Cl)O2)cc1. The molecule has 3 rings (SSSR count). The van der Waals surface area contributed by atoms with Crippen molar-refractivity contribution in [3.8, 4) is 5.75 Å². The van der Waals surface area contributed by atoms with E-state index in [2.05, 4.69) is 50.4 Å². The second-order valence-electron chi connectivity index (χ2n) is 6.02. The third-order valence-corrected chi connectivity index (χ3v) is 4.80. The molecule has 2 atom stereocenters. The average Bonchev–Trinajstić information content (AvgIpc) is 3.03. The van der Waals surface area contributed by atoms with Crippen LogP contribution in [-0.2, 0) is 4.74 Å². The molecule has 24 heavy (non-hydrogen) atoms.